The standard InChI is InChI=1S/C15H16BrN3O2S/c16-11-3-1-2-10(6-11)7-12-8-18-15(22-12)19-14(20)13-9-17-4-5-21-13/h1-3,6,8,13,17H,4-5,7,9H2,(H,18,19,20). The summed E-state index contributed by atoms with van der Waals surface area (Å²) < 4.78 is 6.48. The molecular formula is C15H16BrN3O2S. The van der Waals surface area contributed by atoms with Crippen molar-refractivity contribution in [3.05, 3.63) is 45.4 Å². The normalized spacial score (nSPS) is 18.1. The van der Waals surface area contributed by atoms with Crippen molar-refractivity contribution in [3.63, 3.8) is 0 Å². The zero-order chi connectivity index (χ0) is 15.4. The first-order valence-electron chi connectivity index (χ1n) is 7.03. The van der Waals surface area contributed by atoms with Gasteiger partial charge in [-0.25, -0.2) is 4.98 Å². The molecule has 0 radical (unpaired) electrons. The van der Waals surface area contributed by atoms with Crippen LogP contribution in [0.2, 0.25) is 0 Å². The molecule has 1 fully saturated rings. The molecule has 1 aliphatic heterocycles. The molecule has 0 spiro atoms. The van der Waals surface area contributed by atoms with E-state index in [-0.39, 0.29) is 5.91 Å². The van der Waals surface area contributed by atoms with Crippen molar-refractivity contribution >= 4 is 38.3 Å². The highest BCUT2D eigenvalue weighted by Crippen LogP contribution is 2.22. The van der Waals surface area contributed by atoms with Gasteiger partial charge in [0.2, 0.25) is 0 Å². The molecule has 1 unspecified atom stereocenters. The van der Waals surface area contributed by atoms with Gasteiger partial charge in [0.25, 0.3) is 5.91 Å². The minimum atomic E-state index is -0.439. The number of benzene rings is 1. The number of nitrogens with zero attached hydrogens (tertiary/aromatic N) is 1. The first-order chi connectivity index (χ1) is 10.7. The molecule has 0 bridgehead atoms. The minimum absolute atomic E-state index is 0.143. The fourth-order valence-corrected chi connectivity index (χ4v) is 3.51. The molecular weight excluding hydrogens is 366 g/mol. The first kappa shape index (κ1) is 15.6. The maximum atomic E-state index is 12.1. The lowest BCUT2D eigenvalue weighted by Crippen LogP contribution is -2.45. The van der Waals surface area contributed by atoms with Crippen LogP contribution in [0.5, 0.6) is 0 Å². The van der Waals surface area contributed by atoms with E-state index in [1.54, 1.807) is 6.20 Å². The minimum Gasteiger partial charge on any atom is -0.366 e. The van der Waals surface area contributed by atoms with Crippen LogP contribution in [0.25, 0.3) is 0 Å². The zero-order valence-corrected chi connectivity index (χ0v) is 14.2. The van der Waals surface area contributed by atoms with Crippen LogP contribution in [0.15, 0.2) is 34.9 Å². The predicted molar refractivity (Wildman–Crippen MR) is 90.3 cm³/mol. The Bertz CT molecular complexity index is 656. The van der Waals surface area contributed by atoms with Gasteiger partial charge in [-0.3, -0.25) is 10.1 Å². The third-order valence-electron chi connectivity index (χ3n) is 3.27. The number of hydrogen-bond acceptors (Lipinski definition) is 5. The highest BCUT2D eigenvalue weighted by atomic mass is 79.9. The van der Waals surface area contributed by atoms with Crippen molar-refractivity contribution in [1.29, 1.82) is 0 Å². The Morgan fingerprint density at radius 1 is 1.55 bits per heavy atom. The molecule has 1 atom stereocenters. The van der Waals surface area contributed by atoms with Gasteiger partial charge in [0.1, 0.15) is 6.10 Å². The monoisotopic (exact) mass is 381 g/mol. The maximum absolute atomic E-state index is 12.1. The van der Waals surface area contributed by atoms with Crippen LogP contribution in [-0.4, -0.2) is 36.7 Å². The molecule has 1 saturated heterocycles. The van der Waals surface area contributed by atoms with E-state index in [0.29, 0.717) is 18.3 Å². The van der Waals surface area contributed by atoms with Crippen molar-refractivity contribution in [1.82, 2.24) is 10.3 Å². The zero-order valence-electron chi connectivity index (χ0n) is 11.8. The molecule has 1 aromatic carbocycles. The van der Waals surface area contributed by atoms with Crippen molar-refractivity contribution < 1.29 is 9.53 Å². The number of thiazole rings is 1. The van der Waals surface area contributed by atoms with Gasteiger partial charge in [0, 0.05) is 35.1 Å². The van der Waals surface area contributed by atoms with Gasteiger partial charge >= 0.3 is 0 Å². The molecule has 1 aromatic heterocycles. The highest BCUT2D eigenvalue weighted by Gasteiger charge is 2.22. The number of carbonyl (C=O) groups is 1. The summed E-state index contributed by atoms with van der Waals surface area (Å²) in [6, 6.07) is 8.17. The smallest absolute Gasteiger partial charge is 0.256 e. The molecule has 2 aromatic rings. The highest BCUT2D eigenvalue weighted by molar-refractivity contribution is 9.10. The van der Waals surface area contributed by atoms with E-state index in [9.17, 15) is 4.79 Å². The molecule has 5 nitrogen and oxygen atoms in total. The van der Waals surface area contributed by atoms with Gasteiger partial charge in [0.15, 0.2) is 5.13 Å². The molecule has 2 N–H and O–H groups in total. The van der Waals surface area contributed by atoms with Crippen molar-refractivity contribution in [2.45, 2.75) is 12.5 Å². The number of nitrogens with one attached hydrogen (secondary N) is 2. The molecule has 0 saturated carbocycles. The summed E-state index contributed by atoms with van der Waals surface area (Å²) in [4.78, 5) is 17.4. The second-order valence-electron chi connectivity index (χ2n) is 4.99. The van der Waals surface area contributed by atoms with Crippen molar-refractivity contribution in [2.24, 2.45) is 0 Å². The summed E-state index contributed by atoms with van der Waals surface area (Å²) in [5.74, 6) is -0.143. The largest absolute Gasteiger partial charge is 0.366 e. The number of anilines is 1. The number of rotatable bonds is 4. The Kier molecular flexibility index (Phi) is 5.20. The SMILES string of the molecule is O=C(Nc1ncc(Cc2cccc(Br)c2)s1)C1CNCCO1. The summed E-state index contributed by atoms with van der Waals surface area (Å²) in [5.41, 5.74) is 1.20. The lowest BCUT2D eigenvalue weighted by Gasteiger charge is -2.22. The van der Waals surface area contributed by atoms with Crippen LogP contribution in [0.3, 0.4) is 0 Å². The second kappa shape index (κ2) is 7.32. The van der Waals surface area contributed by atoms with E-state index in [1.807, 2.05) is 12.1 Å². The van der Waals surface area contributed by atoms with Crippen molar-refractivity contribution in [3.8, 4) is 0 Å². The predicted octanol–water partition coefficient (Wildman–Crippen LogP) is 2.42. The van der Waals surface area contributed by atoms with Crippen molar-refractivity contribution in [2.75, 3.05) is 25.0 Å². The fourth-order valence-electron chi connectivity index (χ4n) is 2.21. The Morgan fingerprint density at radius 2 is 2.45 bits per heavy atom. The number of halogens is 1. The van der Waals surface area contributed by atoms with Gasteiger partial charge in [-0.05, 0) is 17.7 Å². The Labute approximate surface area is 141 Å². The van der Waals surface area contributed by atoms with Crippen LogP contribution >= 0.6 is 27.3 Å². The summed E-state index contributed by atoms with van der Waals surface area (Å²) in [7, 11) is 0. The maximum Gasteiger partial charge on any atom is 0.256 e. The Morgan fingerprint density at radius 3 is 3.23 bits per heavy atom. The average Bonchev–Trinajstić information content (AvgIpc) is 2.95. The number of carbonyl (C=O) groups excluding carboxylic acids is 1. The summed E-state index contributed by atoms with van der Waals surface area (Å²) in [6.45, 7) is 1.89. The van der Waals surface area contributed by atoms with E-state index < -0.39 is 6.10 Å². The van der Waals surface area contributed by atoms with Crippen LogP contribution in [0, 0.1) is 0 Å². The summed E-state index contributed by atoms with van der Waals surface area (Å²) in [6.07, 6.45) is 2.17. The lowest BCUT2D eigenvalue weighted by molar-refractivity contribution is -0.128. The Balaban J connectivity index is 1.60. The summed E-state index contributed by atoms with van der Waals surface area (Å²) >= 11 is 4.96. The third kappa shape index (κ3) is 4.13. The van der Waals surface area contributed by atoms with E-state index in [2.05, 4.69) is 43.7 Å². The molecule has 0 aliphatic carbocycles. The third-order valence-corrected chi connectivity index (χ3v) is 4.68. The average molecular weight is 382 g/mol. The van der Waals surface area contributed by atoms with Crippen LogP contribution < -0.4 is 10.6 Å². The number of aromatic nitrogens is 1. The van der Waals surface area contributed by atoms with E-state index in [4.69, 9.17) is 4.74 Å². The van der Waals surface area contributed by atoms with Crippen LogP contribution in [-0.2, 0) is 16.0 Å². The summed E-state index contributed by atoms with van der Waals surface area (Å²) in [5, 5.41) is 6.58. The van der Waals surface area contributed by atoms with Gasteiger partial charge < -0.3 is 10.1 Å². The Hall–Kier alpha value is -1.28. The number of morpholine rings is 1. The molecule has 116 valence electrons. The number of amides is 1. The number of hydrogen-bond donors (Lipinski definition) is 2. The van der Waals surface area contributed by atoms with Gasteiger partial charge in [-0.2, -0.15) is 0 Å². The molecule has 1 amide bonds. The van der Waals surface area contributed by atoms with Gasteiger partial charge in [-0.15, -0.1) is 11.3 Å². The van der Waals surface area contributed by atoms with E-state index in [1.165, 1.54) is 16.9 Å². The lowest BCUT2D eigenvalue weighted by atomic mass is 10.1. The van der Waals surface area contributed by atoms with E-state index in [0.717, 1.165) is 22.3 Å². The van der Waals surface area contributed by atoms with Gasteiger partial charge in [0.05, 0.1) is 6.61 Å². The number of ether oxygens (including phenoxy) is 1. The quantitative estimate of drug-likeness (QED) is 0.853. The molecule has 2 heterocycles. The van der Waals surface area contributed by atoms with Crippen LogP contribution in [0.4, 0.5) is 5.13 Å². The molecule has 22 heavy (non-hydrogen) atoms. The topological polar surface area (TPSA) is 63.2 Å². The van der Waals surface area contributed by atoms with E-state index >= 15 is 0 Å². The molecule has 1 aliphatic rings. The second-order valence-corrected chi connectivity index (χ2v) is 7.02. The first-order valence-corrected chi connectivity index (χ1v) is 8.64. The van der Waals surface area contributed by atoms with Crippen LogP contribution in [0.1, 0.15) is 10.4 Å². The molecule has 7 heteroatoms. The van der Waals surface area contributed by atoms with Gasteiger partial charge in [-0.1, -0.05) is 28.1 Å². The molecule has 3 rings (SSSR count). The fraction of sp³-hybridized carbons (Fsp3) is 0.333.